The van der Waals surface area contributed by atoms with Crippen LogP contribution in [0.4, 0.5) is 0 Å². The minimum Gasteiger partial charge on any atom is -0.381 e. The van der Waals surface area contributed by atoms with Crippen molar-refractivity contribution < 1.29 is 13.2 Å². The van der Waals surface area contributed by atoms with Crippen LogP contribution in [-0.2, 0) is 14.6 Å². The highest BCUT2D eigenvalue weighted by Crippen LogP contribution is 2.46. The summed E-state index contributed by atoms with van der Waals surface area (Å²) in [5, 5.41) is 3.34. The summed E-state index contributed by atoms with van der Waals surface area (Å²) in [7, 11) is -3.20. The molecule has 0 atom stereocenters. The fraction of sp³-hybridized carbons (Fsp3) is 0.941. The number of likely N-dealkylation sites (tertiary alicyclic amines) is 1. The average Bonchev–Trinajstić information content (AvgIpc) is 2.49. The first-order valence-electron chi connectivity index (χ1n) is 8.80. The average molecular weight is 487 g/mol. The lowest BCUT2D eigenvalue weighted by Crippen LogP contribution is -2.72. The molecular formula is C17H34IN3O3S. The first-order chi connectivity index (χ1) is 11.0. The molecule has 0 aliphatic carbocycles. The van der Waals surface area contributed by atoms with Crippen LogP contribution in [0.2, 0.25) is 0 Å². The van der Waals surface area contributed by atoms with E-state index in [9.17, 15) is 8.42 Å². The molecule has 2 heterocycles. The van der Waals surface area contributed by atoms with E-state index in [1.807, 2.05) is 6.92 Å². The normalized spacial score (nSPS) is 24.9. The summed E-state index contributed by atoms with van der Waals surface area (Å²) in [5.41, 5.74) is 0.193. The van der Waals surface area contributed by atoms with Gasteiger partial charge in [-0.05, 0) is 33.6 Å². The lowest BCUT2D eigenvalue weighted by Gasteiger charge is -2.62. The summed E-state index contributed by atoms with van der Waals surface area (Å²) in [6, 6.07) is 0. The second kappa shape index (κ2) is 7.88. The van der Waals surface area contributed by atoms with Crippen LogP contribution in [0.1, 0.15) is 47.5 Å². The molecule has 8 heteroatoms. The standard InChI is InChI=1S/C17H33N3O3S.HI/c1-7-18-14(20-13-15(2,3)16(20,4)5)19-12-17(24(6,21)22)8-10-23-11-9-17;/h7-13H2,1-6H3,(H,18,19);1H. The van der Waals surface area contributed by atoms with Crippen molar-refractivity contribution in [2.24, 2.45) is 10.4 Å². The van der Waals surface area contributed by atoms with Gasteiger partial charge in [0.2, 0.25) is 0 Å². The van der Waals surface area contributed by atoms with E-state index in [0.717, 1.165) is 19.0 Å². The molecule has 6 nitrogen and oxygen atoms in total. The van der Waals surface area contributed by atoms with E-state index in [0.29, 0.717) is 32.6 Å². The van der Waals surface area contributed by atoms with Crippen molar-refractivity contribution in [3.63, 3.8) is 0 Å². The third-order valence-corrected chi connectivity index (χ3v) is 8.29. The summed E-state index contributed by atoms with van der Waals surface area (Å²) in [6.07, 6.45) is 2.37. The Kier molecular flexibility index (Phi) is 7.23. The Bertz CT molecular complexity index is 596. The molecule has 0 radical (unpaired) electrons. The molecule has 0 aromatic carbocycles. The quantitative estimate of drug-likeness (QED) is 0.375. The minimum absolute atomic E-state index is 0. The van der Waals surface area contributed by atoms with E-state index in [2.05, 4.69) is 37.9 Å². The van der Waals surface area contributed by atoms with Gasteiger partial charge in [-0.15, -0.1) is 24.0 Å². The van der Waals surface area contributed by atoms with Crippen LogP contribution in [0.15, 0.2) is 4.99 Å². The Morgan fingerprint density at radius 1 is 1.20 bits per heavy atom. The van der Waals surface area contributed by atoms with Crippen LogP contribution in [-0.4, -0.2) is 68.7 Å². The van der Waals surface area contributed by atoms with Gasteiger partial charge in [0.05, 0.1) is 11.3 Å². The highest BCUT2D eigenvalue weighted by Gasteiger charge is 2.54. The van der Waals surface area contributed by atoms with Crippen LogP contribution in [0.3, 0.4) is 0 Å². The summed E-state index contributed by atoms with van der Waals surface area (Å²) in [4.78, 5) is 7.01. The fourth-order valence-corrected chi connectivity index (χ4v) is 4.61. The topological polar surface area (TPSA) is 71.0 Å². The van der Waals surface area contributed by atoms with E-state index in [1.54, 1.807) is 0 Å². The predicted octanol–water partition coefficient (Wildman–Crippen LogP) is 2.28. The number of nitrogens with one attached hydrogen (secondary N) is 1. The van der Waals surface area contributed by atoms with Crippen molar-refractivity contribution in [1.29, 1.82) is 0 Å². The van der Waals surface area contributed by atoms with E-state index in [-0.39, 0.29) is 34.9 Å². The Morgan fingerprint density at radius 3 is 2.16 bits per heavy atom. The molecule has 25 heavy (non-hydrogen) atoms. The molecule has 0 aromatic heterocycles. The lowest BCUT2D eigenvalue weighted by atomic mass is 9.65. The first-order valence-corrected chi connectivity index (χ1v) is 10.7. The number of rotatable bonds is 4. The molecule has 2 rings (SSSR count). The van der Waals surface area contributed by atoms with Crippen molar-refractivity contribution in [3.8, 4) is 0 Å². The molecule has 0 spiro atoms. The van der Waals surface area contributed by atoms with Gasteiger partial charge in [-0.25, -0.2) is 8.42 Å². The molecule has 2 fully saturated rings. The number of ether oxygens (including phenoxy) is 1. The zero-order valence-electron chi connectivity index (χ0n) is 16.4. The second-order valence-corrected chi connectivity index (χ2v) is 10.7. The van der Waals surface area contributed by atoms with Crippen molar-refractivity contribution >= 4 is 39.8 Å². The molecule has 2 saturated heterocycles. The molecule has 2 aliphatic rings. The SMILES string of the molecule is CCNC(=NCC1(S(C)(=O)=O)CCOCC1)N1CC(C)(C)C1(C)C.I. The van der Waals surface area contributed by atoms with E-state index in [1.165, 1.54) is 6.26 Å². The smallest absolute Gasteiger partial charge is 0.194 e. The maximum Gasteiger partial charge on any atom is 0.194 e. The van der Waals surface area contributed by atoms with Crippen LogP contribution in [0.5, 0.6) is 0 Å². The van der Waals surface area contributed by atoms with Gasteiger partial charge in [-0.1, -0.05) is 13.8 Å². The Hall–Kier alpha value is -0.0900. The number of sulfone groups is 1. The zero-order valence-corrected chi connectivity index (χ0v) is 19.5. The summed E-state index contributed by atoms with van der Waals surface area (Å²) in [6.45, 7) is 13.9. The van der Waals surface area contributed by atoms with Gasteiger partial charge in [0.25, 0.3) is 0 Å². The lowest BCUT2D eigenvalue weighted by molar-refractivity contribution is -0.0668. The van der Waals surface area contributed by atoms with Crippen molar-refractivity contribution in [2.45, 2.75) is 57.7 Å². The molecular weight excluding hydrogens is 453 g/mol. The van der Waals surface area contributed by atoms with Crippen LogP contribution in [0.25, 0.3) is 0 Å². The zero-order chi connectivity index (χ0) is 18.2. The Morgan fingerprint density at radius 2 is 1.76 bits per heavy atom. The summed E-state index contributed by atoms with van der Waals surface area (Å²) >= 11 is 0. The summed E-state index contributed by atoms with van der Waals surface area (Å²) in [5.74, 6) is 0.816. The van der Waals surface area contributed by atoms with Crippen LogP contribution in [0, 0.1) is 5.41 Å². The van der Waals surface area contributed by atoms with E-state index in [4.69, 9.17) is 9.73 Å². The molecule has 0 unspecified atom stereocenters. The largest absolute Gasteiger partial charge is 0.381 e. The van der Waals surface area contributed by atoms with Gasteiger partial charge >= 0.3 is 0 Å². The number of aliphatic imine (C=N–C) groups is 1. The van der Waals surface area contributed by atoms with Gasteiger partial charge in [0.15, 0.2) is 15.8 Å². The maximum atomic E-state index is 12.4. The maximum absolute atomic E-state index is 12.4. The van der Waals surface area contributed by atoms with Crippen molar-refractivity contribution in [3.05, 3.63) is 0 Å². The number of guanidine groups is 1. The van der Waals surface area contributed by atoms with E-state index < -0.39 is 14.6 Å². The fourth-order valence-electron chi connectivity index (χ4n) is 3.40. The second-order valence-electron chi connectivity index (χ2n) is 8.27. The van der Waals surface area contributed by atoms with Gasteiger partial charge in [0.1, 0.15) is 0 Å². The monoisotopic (exact) mass is 487 g/mol. The van der Waals surface area contributed by atoms with Gasteiger partial charge in [-0.3, -0.25) is 4.99 Å². The molecule has 0 saturated carbocycles. The Balaban J connectivity index is 0.00000312. The third-order valence-electron chi connectivity index (χ3n) is 6.18. The number of hydrogen-bond donors (Lipinski definition) is 1. The molecule has 0 aromatic rings. The minimum atomic E-state index is -3.20. The van der Waals surface area contributed by atoms with Crippen LogP contribution >= 0.6 is 24.0 Å². The highest BCUT2D eigenvalue weighted by molar-refractivity contribution is 14.0. The number of nitrogens with zero attached hydrogens (tertiary/aromatic N) is 2. The number of halogens is 1. The van der Waals surface area contributed by atoms with Crippen molar-refractivity contribution in [1.82, 2.24) is 10.2 Å². The first kappa shape index (κ1) is 23.0. The number of hydrogen-bond acceptors (Lipinski definition) is 4. The van der Waals surface area contributed by atoms with Crippen LogP contribution < -0.4 is 5.32 Å². The third kappa shape index (κ3) is 4.26. The van der Waals surface area contributed by atoms with E-state index >= 15 is 0 Å². The van der Waals surface area contributed by atoms with Crippen molar-refractivity contribution in [2.75, 3.05) is 39.1 Å². The molecule has 0 bridgehead atoms. The van der Waals surface area contributed by atoms with Gasteiger partial charge < -0.3 is 15.0 Å². The van der Waals surface area contributed by atoms with Gasteiger partial charge in [0, 0.05) is 43.5 Å². The van der Waals surface area contributed by atoms with Gasteiger partial charge in [-0.2, -0.15) is 0 Å². The highest BCUT2D eigenvalue weighted by atomic mass is 127. The molecule has 148 valence electrons. The predicted molar refractivity (Wildman–Crippen MR) is 114 cm³/mol. The Labute approximate surface area is 170 Å². The summed E-state index contributed by atoms with van der Waals surface area (Å²) < 4.78 is 29.4. The molecule has 1 N–H and O–H groups in total. The molecule has 0 amide bonds. The molecule has 2 aliphatic heterocycles.